The molecule has 1 aliphatic carbocycles. The Hall–Kier alpha value is -2.04. The minimum Gasteiger partial charge on any atom is -0.378 e. The molecule has 124 valence electrons. The maximum Gasteiger partial charge on any atom is 0.252 e. The van der Waals surface area contributed by atoms with E-state index in [0.29, 0.717) is 0 Å². The van der Waals surface area contributed by atoms with E-state index in [1.165, 1.54) is 11.3 Å². The summed E-state index contributed by atoms with van der Waals surface area (Å²) in [5, 5.41) is 3.23. The van der Waals surface area contributed by atoms with Crippen LogP contribution in [0.1, 0.15) is 38.5 Å². The summed E-state index contributed by atoms with van der Waals surface area (Å²) in [6, 6.07) is 7.61. The highest BCUT2D eigenvalue weighted by Gasteiger charge is 2.42. The van der Waals surface area contributed by atoms with E-state index in [1.807, 2.05) is 43.3 Å². The van der Waals surface area contributed by atoms with E-state index in [1.54, 1.807) is 0 Å². The summed E-state index contributed by atoms with van der Waals surface area (Å²) in [6.45, 7) is 0. The molecule has 1 atom stereocenters. The minimum atomic E-state index is -0.422. The number of carbonyl (C=O) groups excluding carboxylic acids is 2. The number of imide groups is 1. The van der Waals surface area contributed by atoms with E-state index < -0.39 is 6.04 Å². The van der Waals surface area contributed by atoms with Crippen molar-refractivity contribution in [3.63, 3.8) is 0 Å². The average Bonchev–Trinajstić information content (AvgIpc) is 2.82. The zero-order chi connectivity index (χ0) is 16.4. The standard InChI is InChI=1S/C18H25N3O2/c1-20(2)14-10-8-13(9-11-14)19-16-12-17(22)21(18(16)23)15-6-4-3-5-7-15/h8-11,15-16,19H,3-7,12H2,1-2H3/t16-/m0/s1. The molecule has 3 rings (SSSR count). The van der Waals surface area contributed by atoms with Crippen LogP contribution < -0.4 is 10.2 Å². The number of nitrogens with zero attached hydrogens (tertiary/aromatic N) is 2. The Morgan fingerprint density at radius 2 is 1.70 bits per heavy atom. The summed E-state index contributed by atoms with van der Waals surface area (Å²) in [7, 11) is 3.98. The smallest absolute Gasteiger partial charge is 0.252 e. The second-order valence-electron chi connectivity index (χ2n) is 6.74. The molecule has 1 N–H and O–H groups in total. The molecule has 23 heavy (non-hydrogen) atoms. The first-order valence-corrected chi connectivity index (χ1v) is 8.46. The molecular formula is C18H25N3O2. The van der Waals surface area contributed by atoms with E-state index in [9.17, 15) is 9.59 Å². The van der Waals surface area contributed by atoms with Crippen LogP contribution in [0.25, 0.3) is 0 Å². The van der Waals surface area contributed by atoms with Crippen molar-refractivity contribution in [3.8, 4) is 0 Å². The van der Waals surface area contributed by atoms with Gasteiger partial charge in [0.1, 0.15) is 6.04 Å². The quantitative estimate of drug-likeness (QED) is 0.868. The predicted octanol–water partition coefficient (Wildman–Crippen LogP) is 2.62. The lowest BCUT2D eigenvalue weighted by Crippen LogP contribution is -2.43. The van der Waals surface area contributed by atoms with Crippen LogP contribution in [0.15, 0.2) is 24.3 Å². The molecule has 1 saturated heterocycles. The van der Waals surface area contributed by atoms with Gasteiger partial charge in [-0.1, -0.05) is 19.3 Å². The summed E-state index contributed by atoms with van der Waals surface area (Å²) in [6.07, 6.45) is 5.64. The van der Waals surface area contributed by atoms with Gasteiger partial charge in [-0.05, 0) is 37.1 Å². The molecule has 1 saturated carbocycles. The SMILES string of the molecule is CN(C)c1ccc(N[C@H]2CC(=O)N(C3CCCCC3)C2=O)cc1. The molecule has 5 heteroatoms. The van der Waals surface area contributed by atoms with Crippen LogP contribution >= 0.6 is 0 Å². The molecule has 0 unspecified atom stereocenters. The van der Waals surface area contributed by atoms with Gasteiger partial charge in [0.25, 0.3) is 5.91 Å². The van der Waals surface area contributed by atoms with Crippen molar-refractivity contribution in [2.45, 2.75) is 50.6 Å². The van der Waals surface area contributed by atoms with Gasteiger partial charge in [-0.15, -0.1) is 0 Å². The number of anilines is 2. The number of nitrogens with one attached hydrogen (secondary N) is 1. The van der Waals surface area contributed by atoms with Crippen molar-refractivity contribution in [3.05, 3.63) is 24.3 Å². The van der Waals surface area contributed by atoms with Crippen molar-refractivity contribution >= 4 is 23.2 Å². The lowest BCUT2D eigenvalue weighted by Gasteiger charge is -2.29. The Bertz CT molecular complexity index is 576. The number of amides is 2. The zero-order valence-corrected chi connectivity index (χ0v) is 13.9. The van der Waals surface area contributed by atoms with Gasteiger partial charge in [0.05, 0.1) is 6.42 Å². The fourth-order valence-electron chi connectivity index (χ4n) is 3.54. The third-order valence-corrected chi connectivity index (χ3v) is 4.85. The van der Waals surface area contributed by atoms with Gasteiger partial charge in [0.15, 0.2) is 0 Å². The second-order valence-corrected chi connectivity index (χ2v) is 6.74. The van der Waals surface area contributed by atoms with E-state index in [-0.39, 0.29) is 24.3 Å². The molecule has 1 heterocycles. The largest absolute Gasteiger partial charge is 0.378 e. The molecule has 1 aromatic rings. The highest BCUT2D eigenvalue weighted by Crippen LogP contribution is 2.28. The number of benzene rings is 1. The predicted molar refractivity (Wildman–Crippen MR) is 91.5 cm³/mol. The molecule has 2 amide bonds. The molecule has 0 spiro atoms. The summed E-state index contributed by atoms with van der Waals surface area (Å²) in [5.74, 6) is -0.0807. The topological polar surface area (TPSA) is 52.7 Å². The van der Waals surface area contributed by atoms with Crippen molar-refractivity contribution in [1.82, 2.24) is 4.90 Å². The van der Waals surface area contributed by atoms with Crippen LogP contribution in [0.5, 0.6) is 0 Å². The number of hydrogen-bond donors (Lipinski definition) is 1. The first-order valence-electron chi connectivity index (χ1n) is 8.46. The van der Waals surface area contributed by atoms with Crippen LogP contribution in [0.2, 0.25) is 0 Å². The molecule has 0 bridgehead atoms. The Kier molecular flexibility index (Phi) is 4.55. The van der Waals surface area contributed by atoms with Crippen LogP contribution in [0, 0.1) is 0 Å². The van der Waals surface area contributed by atoms with Crippen LogP contribution in [-0.4, -0.2) is 42.9 Å². The van der Waals surface area contributed by atoms with Crippen molar-refractivity contribution in [2.24, 2.45) is 0 Å². The van der Waals surface area contributed by atoms with Crippen LogP contribution in [0.3, 0.4) is 0 Å². The third-order valence-electron chi connectivity index (χ3n) is 4.85. The van der Waals surface area contributed by atoms with E-state index in [0.717, 1.165) is 37.1 Å². The Labute approximate surface area is 137 Å². The first kappa shape index (κ1) is 15.8. The highest BCUT2D eigenvalue weighted by atomic mass is 16.2. The van der Waals surface area contributed by atoms with Crippen molar-refractivity contribution in [1.29, 1.82) is 0 Å². The number of rotatable bonds is 4. The molecule has 0 radical (unpaired) electrons. The average molecular weight is 315 g/mol. The van der Waals surface area contributed by atoms with Crippen molar-refractivity contribution in [2.75, 3.05) is 24.3 Å². The molecule has 1 aliphatic heterocycles. The minimum absolute atomic E-state index is 0.0238. The van der Waals surface area contributed by atoms with Crippen LogP contribution in [-0.2, 0) is 9.59 Å². The van der Waals surface area contributed by atoms with Gasteiger partial charge in [-0.25, -0.2) is 0 Å². The maximum absolute atomic E-state index is 12.6. The Balaban J connectivity index is 1.67. The van der Waals surface area contributed by atoms with Gasteiger partial charge in [0.2, 0.25) is 5.91 Å². The van der Waals surface area contributed by atoms with E-state index in [2.05, 4.69) is 5.32 Å². The number of likely N-dealkylation sites (tertiary alicyclic amines) is 1. The van der Waals surface area contributed by atoms with Gasteiger partial charge in [0, 0.05) is 31.5 Å². The molecule has 2 fully saturated rings. The fraction of sp³-hybridized carbons (Fsp3) is 0.556. The van der Waals surface area contributed by atoms with E-state index >= 15 is 0 Å². The van der Waals surface area contributed by atoms with Crippen molar-refractivity contribution < 1.29 is 9.59 Å². The van der Waals surface area contributed by atoms with E-state index in [4.69, 9.17) is 0 Å². The normalized spacial score (nSPS) is 22.5. The summed E-state index contributed by atoms with van der Waals surface area (Å²) in [5.41, 5.74) is 1.99. The molecule has 0 aromatic heterocycles. The first-order chi connectivity index (χ1) is 11.1. The van der Waals surface area contributed by atoms with Gasteiger partial charge < -0.3 is 10.2 Å². The maximum atomic E-state index is 12.6. The summed E-state index contributed by atoms with van der Waals surface area (Å²) in [4.78, 5) is 28.5. The summed E-state index contributed by atoms with van der Waals surface area (Å²) < 4.78 is 0. The number of carbonyl (C=O) groups is 2. The molecule has 1 aromatic carbocycles. The van der Waals surface area contributed by atoms with Crippen LogP contribution in [0.4, 0.5) is 11.4 Å². The Morgan fingerprint density at radius 1 is 1.04 bits per heavy atom. The molecular weight excluding hydrogens is 290 g/mol. The van der Waals surface area contributed by atoms with Gasteiger partial charge in [-0.3, -0.25) is 14.5 Å². The Morgan fingerprint density at radius 3 is 2.30 bits per heavy atom. The number of hydrogen-bond acceptors (Lipinski definition) is 4. The second kappa shape index (κ2) is 6.60. The lowest BCUT2D eigenvalue weighted by atomic mass is 9.94. The third kappa shape index (κ3) is 3.33. The zero-order valence-electron chi connectivity index (χ0n) is 13.9. The lowest BCUT2D eigenvalue weighted by molar-refractivity contribution is -0.141. The molecule has 5 nitrogen and oxygen atoms in total. The highest BCUT2D eigenvalue weighted by molar-refractivity contribution is 6.07. The fourth-order valence-corrected chi connectivity index (χ4v) is 3.54. The van der Waals surface area contributed by atoms with Gasteiger partial charge >= 0.3 is 0 Å². The molecule has 2 aliphatic rings. The van der Waals surface area contributed by atoms with Gasteiger partial charge in [-0.2, -0.15) is 0 Å². The monoisotopic (exact) mass is 315 g/mol. The summed E-state index contributed by atoms with van der Waals surface area (Å²) >= 11 is 0.